The zero-order valence-corrected chi connectivity index (χ0v) is 16.3. The van der Waals surface area contributed by atoms with Crippen molar-refractivity contribution in [1.82, 2.24) is 15.3 Å². The van der Waals surface area contributed by atoms with E-state index in [0.717, 1.165) is 16.2 Å². The van der Waals surface area contributed by atoms with E-state index in [-0.39, 0.29) is 24.8 Å². The SMILES string of the molecule is O=C(C[C@H]1Sc2ccc(Cl)cc2NC1=O)NCc1ncc(-c2ccccc2)[nH]1. The second kappa shape index (κ2) is 8.08. The molecule has 1 aliphatic rings. The number of aromatic nitrogens is 2. The summed E-state index contributed by atoms with van der Waals surface area (Å²) in [5.74, 6) is 0.259. The number of carbonyl (C=O) groups is 2. The first-order chi connectivity index (χ1) is 13.6. The lowest BCUT2D eigenvalue weighted by atomic mass is 10.2. The lowest BCUT2D eigenvalue weighted by Crippen LogP contribution is -2.34. The first-order valence-corrected chi connectivity index (χ1v) is 9.97. The summed E-state index contributed by atoms with van der Waals surface area (Å²) in [5, 5.41) is 5.70. The van der Waals surface area contributed by atoms with Crippen molar-refractivity contribution in [3.63, 3.8) is 0 Å². The van der Waals surface area contributed by atoms with E-state index < -0.39 is 5.25 Å². The minimum Gasteiger partial charge on any atom is -0.349 e. The molecule has 1 aliphatic heterocycles. The van der Waals surface area contributed by atoms with Gasteiger partial charge in [-0.3, -0.25) is 9.59 Å². The highest BCUT2D eigenvalue weighted by Crippen LogP contribution is 2.38. The van der Waals surface area contributed by atoms with Crippen molar-refractivity contribution in [2.24, 2.45) is 0 Å². The summed E-state index contributed by atoms with van der Waals surface area (Å²) < 4.78 is 0. The van der Waals surface area contributed by atoms with E-state index in [2.05, 4.69) is 20.6 Å². The first-order valence-electron chi connectivity index (χ1n) is 8.71. The minimum atomic E-state index is -0.481. The number of benzene rings is 2. The van der Waals surface area contributed by atoms with Gasteiger partial charge in [-0.05, 0) is 23.8 Å². The summed E-state index contributed by atoms with van der Waals surface area (Å²) in [6.07, 6.45) is 1.83. The Hall–Kier alpha value is -2.77. The van der Waals surface area contributed by atoms with Crippen LogP contribution < -0.4 is 10.6 Å². The standard InChI is InChI=1S/C20H17ClN4O2S/c21-13-6-7-16-14(8-13)25-20(27)17(28-16)9-19(26)23-11-18-22-10-15(24-18)12-4-2-1-3-5-12/h1-8,10,17H,9,11H2,(H,22,24)(H,23,26)(H,25,27)/t17-/m1/s1. The third kappa shape index (κ3) is 4.21. The molecule has 0 aliphatic carbocycles. The van der Waals surface area contributed by atoms with Crippen molar-refractivity contribution in [1.29, 1.82) is 0 Å². The number of carbonyl (C=O) groups excluding carboxylic acids is 2. The summed E-state index contributed by atoms with van der Waals surface area (Å²) in [5.41, 5.74) is 2.60. The van der Waals surface area contributed by atoms with Gasteiger partial charge in [-0.15, -0.1) is 11.8 Å². The zero-order valence-electron chi connectivity index (χ0n) is 14.7. The summed E-state index contributed by atoms with van der Waals surface area (Å²) >= 11 is 7.32. The summed E-state index contributed by atoms with van der Waals surface area (Å²) in [6.45, 7) is 0.275. The van der Waals surface area contributed by atoms with Gasteiger partial charge in [0.1, 0.15) is 5.82 Å². The van der Waals surface area contributed by atoms with Crippen LogP contribution in [0, 0.1) is 0 Å². The number of fused-ring (bicyclic) bond motifs is 1. The molecule has 28 heavy (non-hydrogen) atoms. The number of nitrogens with one attached hydrogen (secondary N) is 3. The molecule has 142 valence electrons. The fraction of sp³-hybridized carbons (Fsp3) is 0.150. The normalized spacial score (nSPS) is 15.6. The molecule has 6 nitrogen and oxygen atoms in total. The molecule has 0 radical (unpaired) electrons. The molecule has 0 bridgehead atoms. The predicted octanol–water partition coefficient (Wildman–Crippen LogP) is 3.85. The largest absolute Gasteiger partial charge is 0.349 e. The maximum atomic E-state index is 12.3. The molecule has 2 amide bonds. The van der Waals surface area contributed by atoms with Gasteiger partial charge in [0.05, 0.1) is 29.4 Å². The number of rotatable bonds is 5. The molecule has 4 rings (SSSR count). The molecule has 3 aromatic rings. The van der Waals surface area contributed by atoms with Crippen molar-refractivity contribution in [3.05, 3.63) is 65.6 Å². The van der Waals surface area contributed by atoms with Gasteiger partial charge in [0.25, 0.3) is 0 Å². The average molecular weight is 413 g/mol. The van der Waals surface area contributed by atoms with E-state index in [9.17, 15) is 9.59 Å². The topological polar surface area (TPSA) is 86.9 Å². The minimum absolute atomic E-state index is 0.0881. The number of thioether (sulfide) groups is 1. The molecule has 2 heterocycles. The molecule has 2 aromatic carbocycles. The van der Waals surface area contributed by atoms with Gasteiger partial charge < -0.3 is 15.6 Å². The Morgan fingerprint density at radius 1 is 1.21 bits per heavy atom. The summed E-state index contributed by atoms with van der Waals surface area (Å²) in [6, 6.07) is 15.2. The first kappa shape index (κ1) is 18.6. The summed E-state index contributed by atoms with van der Waals surface area (Å²) in [4.78, 5) is 33.0. The third-order valence-electron chi connectivity index (χ3n) is 4.30. The lowest BCUT2D eigenvalue weighted by molar-refractivity contribution is -0.124. The van der Waals surface area contributed by atoms with Gasteiger partial charge in [-0.2, -0.15) is 0 Å². The van der Waals surface area contributed by atoms with Crippen LogP contribution in [0.4, 0.5) is 5.69 Å². The van der Waals surface area contributed by atoms with E-state index in [1.807, 2.05) is 36.4 Å². The molecular weight excluding hydrogens is 396 g/mol. The number of H-pyrrole nitrogens is 1. The Morgan fingerprint density at radius 3 is 2.86 bits per heavy atom. The number of imidazole rings is 1. The van der Waals surface area contributed by atoms with E-state index in [4.69, 9.17) is 11.6 Å². The Labute approximate surface area is 171 Å². The average Bonchev–Trinajstić information content (AvgIpc) is 3.17. The van der Waals surface area contributed by atoms with Crippen LogP contribution in [0.25, 0.3) is 11.3 Å². The highest BCUT2D eigenvalue weighted by molar-refractivity contribution is 8.01. The van der Waals surface area contributed by atoms with E-state index in [1.165, 1.54) is 11.8 Å². The number of hydrogen-bond donors (Lipinski definition) is 3. The monoisotopic (exact) mass is 412 g/mol. The van der Waals surface area contributed by atoms with Crippen LogP contribution in [0.1, 0.15) is 12.2 Å². The maximum Gasteiger partial charge on any atom is 0.238 e. The number of amides is 2. The van der Waals surface area contributed by atoms with Crippen molar-refractivity contribution in [2.75, 3.05) is 5.32 Å². The molecule has 0 saturated heterocycles. The molecule has 0 spiro atoms. The van der Waals surface area contributed by atoms with Crippen LogP contribution in [0.5, 0.6) is 0 Å². The Bertz CT molecular complexity index is 1020. The fourth-order valence-electron chi connectivity index (χ4n) is 2.90. The molecule has 0 fully saturated rings. The van der Waals surface area contributed by atoms with E-state index >= 15 is 0 Å². The second-order valence-corrected chi connectivity index (χ2v) is 8.01. The number of anilines is 1. The van der Waals surface area contributed by atoms with E-state index in [0.29, 0.717) is 16.5 Å². The lowest BCUT2D eigenvalue weighted by Gasteiger charge is -2.23. The second-order valence-electron chi connectivity index (χ2n) is 6.33. The Kier molecular flexibility index (Phi) is 5.36. The Morgan fingerprint density at radius 2 is 2.04 bits per heavy atom. The van der Waals surface area contributed by atoms with Gasteiger partial charge in [0.2, 0.25) is 11.8 Å². The number of hydrogen-bond acceptors (Lipinski definition) is 4. The van der Waals surface area contributed by atoms with Gasteiger partial charge >= 0.3 is 0 Å². The van der Waals surface area contributed by atoms with E-state index in [1.54, 1.807) is 18.3 Å². The summed E-state index contributed by atoms with van der Waals surface area (Å²) in [7, 11) is 0. The highest BCUT2D eigenvalue weighted by atomic mass is 35.5. The van der Waals surface area contributed by atoms with Gasteiger partial charge in [-0.25, -0.2) is 4.98 Å². The molecular formula is C20H17ClN4O2S. The number of halogens is 1. The molecule has 0 saturated carbocycles. The van der Waals surface area contributed by atoms with Crippen LogP contribution in [-0.2, 0) is 16.1 Å². The molecule has 3 N–H and O–H groups in total. The molecule has 1 atom stereocenters. The van der Waals surface area contributed by atoms with Crippen molar-refractivity contribution in [2.45, 2.75) is 23.1 Å². The van der Waals surface area contributed by atoms with Crippen LogP contribution >= 0.6 is 23.4 Å². The van der Waals surface area contributed by atoms with Gasteiger partial charge in [0, 0.05) is 16.3 Å². The highest BCUT2D eigenvalue weighted by Gasteiger charge is 2.29. The third-order valence-corrected chi connectivity index (χ3v) is 5.81. The van der Waals surface area contributed by atoms with Gasteiger partial charge in [0.15, 0.2) is 0 Å². The predicted molar refractivity (Wildman–Crippen MR) is 110 cm³/mol. The van der Waals surface area contributed by atoms with Gasteiger partial charge in [-0.1, -0.05) is 41.9 Å². The van der Waals surface area contributed by atoms with Crippen LogP contribution in [0.3, 0.4) is 0 Å². The number of aromatic amines is 1. The van der Waals surface area contributed by atoms with Crippen LogP contribution in [0.2, 0.25) is 5.02 Å². The Balaban J connectivity index is 1.33. The fourth-order valence-corrected chi connectivity index (χ4v) is 4.16. The van der Waals surface area contributed by atoms with Crippen LogP contribution in [-0.4, -0.2) is 27.0 Å². The quantitative estimate of drug-likeness (QED) is 0.594. The zero-order chi connectivity index (χ0) is 19.5. The molecule has 0 unspecified atom stereocenters. The van der Waals surface area contributed by atoms with Crippen molar-refractivity contribution >= 4 is 40.9 Å². The smallest absolute Gasteiger partial charge is 0.238 e. The maximum absolute atomic E-state index is 12.3. The molecule has 1 aromatic heterocycles. The number of nitrogens with zero attached hydrogens (tertiary/aromatic N) is 1. The van der Waals surface area contributed by atoms with Crippen molar-refractivity contribution in [3.8, 4) is 11.3 Å². The van der Waals surface area contributed by atoms with Crippen molar-refractivity contribution < 1.29 is 9.59 Å². The van der Waals surface area contributed by atoms with Crippen LogP contribution in [0.15, 0.2) is 59.6 Å². The molecule has 8 heteroatoms.